The molecule has 1 fully saturated rings. The van der Waals surface area contributed by atoms with Crippen LogP contribution in [0, 0.1) is 5.92 Å². The molecule has 1 aliphatic rings. The smallest absolute Gasteiger partial charge is 0.493 e. The van der Waals surface area contributed by atoms with E-state index in [0.29, 0.717) is 18.1 Å². The Bertz CT molecular complexity index is 924. The van der Waals surface area contributed by atoms with Gasteiger partial charge < -0.3 is 15.6 Å². The van der Waals surface area contributed by atoms with Crippen molar-refractivity contribution >= 4 is 33.9 Å². The highest BCUT2D eigenvalue weighted by Crippen LogP contribution is 2.41. The molecule has 0 bridgehead atoms. The molecule has 11 heteroatoms. The summed E-state index contributed by atoms with van der Waals surface area (Å²) in [6.07, 6.45) is -1.53. The second-order valence-electron chi connectivity index (χ2n) is 7.03. The van der Waals surface area contributed by atoms with Gasteiger partial charge in [0.1, 0.15) is 5.75 Å². The molecule has 0 aliphatic heterocycles. The number of hydrogen-bond donors (Lipinski definition) is 2. The average Bonchev–Trinajstić information content (AvgIpc) is 3.38. The van der Waals surface area contributed by atoms with E-state index < -0.39 is 12.1 Å². The van der Waals surface area contributed by atoms with Crippen LogP contribution < -0.4 is 10.5 Å². The zero-order chi connectivity index (χ0) is 21.2. The van der Waals surface area contributed by atoms with E-state index in [2.05, 4.69) is 39.0 Å². The number of ether oxygens (including phenoxy) is 1. The molecule has 0 radical (unpaired) electrons. The molecule has 0 amide bonds. The van der Waals surface area contributed by atoms with Crippen LogP contribution in [0.15, 0.2) is 28.4 Å². The highest BCUT2D eigenvalue weighted by atomic mass is 32.1. The minimum atomic E-state index is -4.83. The van der Waals surface area contributed by atoms with Crippen molar-refractivity contribution in [1.29, 1.82) is 0 Å². The topological polar surface area (TPSA) is 88.4 Å². The predicted octanol–water partition coefficient (Wildman–Crippen LogP) is 4.65. The number of nitrogens with two attached hydrogens (primary N) is 1. The summed E-state index contributed by atoms with van der Waals surface area (Å²) < 4.78 is 43.4. The average molecular weight is 429 g/mol. The number of nitrogens with zero attached hydrogens (tertiary/aromatic N) is 4. The molecule has 158 valence electrons. The van der Waals surface area contributed by atoms with Crippen molar-refractivity contribution in [3.8, 4) is 11.6 Å². The van der Waals surface area contributed by atoms with E-state index in [1.54, 1.807) is 4.57 Å². The van der Waals surface area contributed by atoms with Gasteiger partial charge in [-0.3, -0.25) is 9.47 Å². The summed E-state index contributed by atoms with van der Waals surface area (Å²) in [4.78, 5) is 2.20. The molecule has 0 unspecified atom stereocenters. The Hall–Kier alpha value is -2.40. The van der Waals surface area contributed by atoms with Gasteiger partial charge in [0.05, 0.1) is 12.2 Å². The van der Waals surface area contributed by atoms with Crippen LogP contribution >= 0.6 is 12.2 Å². The molecule has 3 N–H and O–H groups in total. The van der Waals surface area contributed by atoms with Gasteiger partial charge in [-0.2, -0.15) is 0 Å². The number of aromatic nitrogens is 1. The van der Waals surface area contributed by atoms with Crippen molar-refractivity contribution in [2.45, 2.75) is 39.2 Å². The van der Waals surface area contributed by atoms with E-state index >= 15 is 0 Å². The molecule has 3 rings (SSSR count). The maximum Gasteiger partial charge on any atom is 0.573 e. The van der Waals surface area contributed by atoms with E-state index in [9.17, 15) is 18.3 Å². The highest BCUT2D eigenvalue weighted by molar-refractivity contribution is 7.80. The molecule has 7 nitrogen and oxygen atoms in total. The number of rotatable bonds is 8. The molecule has 0 atom stereocenters. The van der Waals surface area contributed by atoms with Crippen LogP contribution in [-0.2, 0) is 6.67 Å². The molecular formula is C18H22F3N5O2S. The Labute approximate surface area is 170 Å². The van der Waals surface area contributed by atoms with Crippen LogP contribution in [0.3, 0.4) is 0 Å². The fourth-order valence-electron chi connectivity index (χ4n) is 3.24. The van der Waals surface area contributed by atoms with Crippen LogP contribution in [0.1, 0.15) is 26.2 Å². The van der Waals surface area contributed by atoms with Crippen LogP contribution in [0.25, 0.3) is 10.9 Å². The molecule has 2 aromatic rings. The number of alkyl halides is 3. The summed E-state index contributed by atoms with van der Waals surface area (Å²) in [7, 11) is 0. The molecule has 1 aliphatic carbocycles. The molecule has 1 saturated carbocycles. The normalized spacial score (nSPS) is 14.9. The van der Waals surface area contributed by atoms with Gasteiger partial charge in [0.2, 0.25) is 11.0 Å². The maximum absolute atomic E-state index is 12.6. The third-order valence-electron chi connectivity index (χ3n) is 4.56. The second-order valence-corrected chi connectivity index (χ2v) is 7.45. The van der Waals surface area contributed by atoms with Crippen molar-refractivity contribution in [1.82, 2.24) is 9.47 Å². The largest absolute Gasteiger partial charge is 0.573 e. The number of thiocarbonyl (C=S) groups is 1. The van der Waals surface area contributed by atoms with Crippen LogP contribution in [0.4, 0.5) is 18.9 Å². The lowest BCUT2D eigenvalue weighted by Gasteiger charge is -2.23. The second kappa shape index (κ2) is 8.54. The van der Waals surface area contributed by atoms with Gasteiger partial charge in [0.25, 0.3) is 0 Å². The third-order valence-corrected chi connectivity index (χ3v) is 4.64. The number of hydrogen-bond acceptors (Lipinski definition) is 5. The fourth-order valence-corrected chi connectivity index (χ4v) is 3.28. The Balaban J connectivity index is 2.03. The first kappa shape index (κ1) is 21.3. The molecule has 1 aromatic heterocycles. The predicted molar refractivity (Wildman–Crippen MR) is 106 cm³/mol. The number of aromatic hydroxyl groups is 1. The van der Waals surface area contributed by atoms with E-state index in [4.69, 9.17) is 5.73 Å². The summed E-state index contributed by atoms with van der Waals surface area (Å²) in [5, 5.41) is 18.2. The Morgan fingerprint density at radius 2 is 2.14 bits per heavy atom. The summed E-state index contributed by atoms with van der Waals surface area (Å²) >= 11 is 4.67. The lowest BCUT2D eigenvalue weighted by molar-refractivity contribution is -0.274. The van der Waals surface area contributed by atoms with E-state index in [1.165, 1.54) is 25.0 Å². The first-order valence-electron chi connectivity index (χ1n) is 9.22. The summed E-state index contributed by atoms with van der Waals surface area (Å²) in [6.45, 7) is 4.16. The molecule has 29 heavy (non-hydrogen) atoms. The summed E-state index contributed by atoms with van der Waals surface area (Å²) in [6, 6.07) is 3.82. The van der Waals surface area contributed by atoms with Crippen LogP contribution in [0.2, 0.25) is 0 Å². The van der Waals surface area contributed by atoms with Gasteiger partial charge in [0, 0.05) is 11.9 Å². The number of halogens is 3. The van der Waals surface area contributed by atoms with Crippen molar-refractivity contribution in [3.05, 3.63) is 18.2 Å². The van der Waals surface area contributed by atoms with Crippen molar-refractivity contribution < 1.29 is 23.0 Å². The molecule has 0 spiro atoms. The maximum atomic E-state index is 12.6. The van der Waals surface area contributed by atoms with Gasteiger partial charge in [-0.1, -0.05) is 6.92 Å². The first-order valence-corrected chi connectivity index (χ1v) is 9.63. The van der Waals surface area contributed by atoms with Crippen molar-refractivity contribution in [3.63, 3.8) is 0 Å². The number of fused-ring (bicyclic) bond motifs is 1. The monoisotopic (exact) mass is 429 g/mol. The highest BCUT2D eigenvalue weighted by Gasteiger charge is 2.32. The Morgan fingerprint density at radius 1 is 1.41 bits per heavy atom. The Kier molecular flexibility index (Phi) is 6.27. The van der Waals surface area contributed by atoms with Gasteiger partial charge in [-0.15, -0.1) is 23.4 Å². The summed E-state index contributed by atoms with van der Waals surface area (Å²) in [5.74, 6) is 0.00413. The van der Waals surface area contributed by atoms with Gasteiger partial charge in [-0.05, 0) is 62.1 Å². The third kappa shape index (κ3) is 5.57. The SMILES string of the molecule is CCCN(CC1CC1)Cn1c(O)c(N=NC(N)=S)c2cc(OC(F)(F)F)ccc21. The quantitative estimate of drug-likeness (QED) is 0.471. The van der Waals surface area contributed by atoms with Crippen molar-refractivity contribution in [2.75, 3.05) is 13.1 Å². The van der Waals surface area contributed by atoms with Gasteiger partial charge in [-0.25, -0.2) is 0 Å². The van der Waals surface area contributed by atoms with Crippen LogP contribution in [0.5, 0.6) is 11.6 Å². The fraction of sp³-hybridized carbons (Fsp3) is 0.500. The first-order chi connectivity index (χ1) is 13.7. The number of benzene rings is 1. The zero-order valence-electron chi connectivity index (χ0n) is 15.8. The Morgan fingerprint density at radius 3 is 2.72 bits per heavy atom. The zero-order valence-corrected chi connectivity index (χ0v) is 16.6. The van der Waals surface area contributed by atoms with E-state index in [0.717, 1.165) is 25.6 Å². The molecule has 0 saturated heterocycles. The minimum Gasteiger partial charge on any atom is -0.493 e. The number of azo groups is 1. The van der Waals surface area contributed by atoms with Gasteiger partial charge >= 0.3 is 6.36 Å². The van der Waals surface area contributed by atoms with E-state index in [-0.39, 0.29) is 22.1 Å². The van der Waals surface area contributed by atoms with Crippen molar-refractivity contribution in [2.24, 2.45) is 21.9 Å². The summed E-state index contributed by atoms with van der Waals surface area (Å²) in [5.41, 5.74) is 5.83. The lowest BCUT2D eigenvalue weighted by atomic mass is 10.2. The van der Waals surface area contributed by atoms with Gasteiger partial charge in [0.15, 0.2) is 5.69 Å². The molecule has 1 heterocycles. The lowest BCUT2D eigenvalue weighted by Crippen LogP contribution is -2.29. The standard InChI is InChI=1S/C18H22F3N5O2S/c1-2-7-25(9-11-3-4-11)10-26-14-6-5-12(28-18(19,20)21)8-13(14)15(16(26)27)23-24-17(22)29/h5-6,8,11,27H,2-4,7,9-10H2,1H3,(H2,22,29). The minimum absolute atomic E-state index is 0.0108. The molecular weight excluding hydrogens is 407 g/mol. The molecule has 1 aromatic carbocycles. The van der Waals surface area contributed by atoms with E-state index in [1.807, 2.05) is 0 Å². The van der Waals surface area contributed by atoms with Crippen LogP contribution in [-0.4, -0.2) is 39.1 Å².